The largest absolute Gasteiger partial charge is 0.497 e. The van der Waals surface area contributed by atoms with Gasteiger partial charge in [0.15, 0.2) is 9.84 Å². The Kier molecular flexibility index (Phi) is 4.09. The third kappa shape index (κ3) is 3.70. The number of amides is 1. The molecule has 0 radical (unpaired) electrons. The molecular weight excluding hydrogens is 266 g/mol. The summed E-state index contributed by atoms with van der Waals surface area (Å²) < 4.78 is 27.6. The second-order valence-electron chi connectivity index (χ2n) is 4.71. The molecule has 1 amide bonds. The van der Waals surface area contributed by atoms with Gasteiger partial charge >= 0.3 is 0 Å². The van der Waals surface area contributed by atoms with E-state index in [0.29, 0.717) is 24.3 Å². The summed E-state index contributed by atoms with van der Waals surface area (Å²) in [5, 5.41) is 2.77. The molecule has 1 aliphatic rings. The minimum Gasteiger partial charge on any atom is -0.497 e. The number of carbonyl (C=O) groups excluding carboxylic acids is 1. The molecule has 0 bridgehead atoms. The van der Waals surface area contributed by atoms with Crippen LogP contribution in [0.25, 0.3) is 0 Å². The van der Waals surface area contributed by atoms with Crippen LogP contribution in [0.15, 0.2) is 24.3 Å². The van der Waals surface area contributed by atoms with Crippen LogP contribution in [0, 0.1) is 5.92 Å². The maximum absolute atomic E-state index is 11.9. The number of hydrogen-bond acceptors (Lipinski definition) is 4. The molecule has 0 aromatic heterocycles. The molecule has 1 fully saturated rings. The van der Waals surface area contributed by atoms with Crippen LogP contribution in [0.5, 0.6) is 5.75 Å². The Balaban J connectivity index is 1.87. The van der Waals surface area contributed by atoms with E-state index < -0.39 is 9.84 Å². The van der Waals surface area contributed by atoms with Gasteiger partial charge in [0.2, 0.25) is 0 Å². The molecule has 1 saturated heterocycles. The number of benzene rings is 1. The minimum atomic E-state index is -2.88. The van der Waals surface area contributed by atoms with Gasteiger partial charge in [-0.1, -0.05) is 0 Å². The van der Waals surface area contributed by atoms with Crippen LogP contribution in [-0.2, 0) is 9.84 Å². The van der Waals surface area contributed by atoms with Crippen molar-refractivity contribution in [2.24, 2.45) is 5.92 Å². The molecule has 19 heavy (non-hydrogen) atoms. The van der Waals surface area contributed by atoms with Gasteiger partial charge in [-0.05, 0) is 36.6 Å². The maximum atomic E-state index is 11.9. The lowest BCUT2D eigenvalue weighted by Gasteiger charge is -2.09. The molecule has 6 heteroatoms. The number of methoxy groups -OCH3 is 1. The Morgan fingerprint density at radius 3 is 2.58 bits per heavy atom. The first kappa shape index (κ1) is 13.9. The molecule has 0 saturated carbocycles. The van der Waals surface area contributed by atoms with E-state index in [1.165, 1.54) is 0 Å². The highest BCUT2D eigenvalue weighted by molar-refractivity contribution is 7.91. The van der Waals surface area contributed by atoms with E-state index >= 15 is 0 Å². The van der Waals surface area contributed by atoms with Gasteiger partial charge in [0.25, 0.3) is 5.91 Å². The van der Waals surface area contributed by atoms with E-state index in [-0.39, 0.29) is 23.3 Å². The Bertz CT molecular complexity index is 551. The molecule has 0 aliphatic carbocycles. The summed E-state index contributed by atoms with van der Waals surface area (Å²) in [7, 11) is -1.32. The highest BCUT2D eigenvalue weighted by Crippen LogP contribution is 2.17. The van der Waals surface area contributed by atoms with Crippen molar-refractivity contribution in [3.05, 3.63) is 29.8 Å². The van der Waals surface area contributed by atoms with Gasteiger partial charge in [-0.25, -0.2) is 8.42 Å². The van der Waals surface area contributed by atoms with Gasteiger partial charge < -0.3 is 10.1 Å². The lowest BCUT2D eigenvalue weighted by molar-refractivity contribution is 0.0948. The van der Waals surface area contributed by atoms with Crippen molar-refractivity contribution in [2.45, 2.75) is 6.42 Å². The Hall–Kier alpha value is -1.56. The van der Waals surface area contributed by atoms with E-state index in [1.54, 1.807) is 31.4 Å². The van der Waals surface area contributed by atoms with Crippen LogP contribution in [-0.4, -0.2) is 39.5 Å². The van der Waals surface area contributed by atoms with Gasteiger partial charge in [0, 0.05) is 12.1 Å². The van der Waals surface area contributed by atoms with Crippen LogP contribution >= 0.6 is 0 Å². The van der Waals surface area contributed by atoms with E-state index in [2.05, 4.69) is 5.32 Å². The average molecular weight is 283 g/mol. The Morgan fingerprint density at radius 1 is 1.37 bits per heavy atom. The van der Waals surface area contributed by atoms with Crippen molar-refractivity contribution in [1.29, 1.82) is 0 Å². The SMILES string of the molecule is COc1ccc(C(=O)NC[C@@H]2CCS(=O)(=O)C2)cc1. The third-order valence-electron chi connectivity index (χ3n) is 3.23. The zero-order chi connectivity index (χ0) is 13.9. The average Bonchev–Trinajstić information content (AvgIpc) is 2.76. The van der Waals surface area contributed by atoms with Crippen molar-refractivity contribution < 1.29 is 17.9 Å². The summed E-state index contributed by atoms with van der Waals surface area (Å²) in [4.78, 5) is 11.9. The molecule has 1 aliphatic heterocycles. The van der Waals surface area contributed by atoms with Crippen molar-refractivity contribution in [1.82, 2.24) is 5.32 Å². The summed E-state index contributed by atoms with van der Waals surface area (Å²) in [5.74, 6) is 0.948. The van der Waals surface area contributed by atoms with E-state index in [9.17, 15) is 13.2 Å². The van der Waals surface area contributed by atoms with Crippen LogP contribution in [0.2, 0.25) is 0 Å². The second kappa shape index (κ2) is 5.61. The van der Waals surface area contributed by atoms with E-state index in [0.717, 1.165) is 0 Å². The number of hydrogen-bond donors (Lipinski definition) is 1. The van der Waals surface area contributed by atoms with Crippen LogP contribution < -0.4 is 10.1 Å². The molecule has 104 valence electrons. The van der Waals surface area contributed by atoms with Crippen molar-refractivity contribution >= 4 is 15.7 Å². The monoisotopic (exact) mass is 283 g/mol. The Labute approximate surface area is 112 Å². The molecule has 5 nitrogen and oxygen atoms in total. The zero-order valence-electron chi connectivity index (χ0n) is 10.8. The summed E-state index contributed by atoms with van der Waals surface area (Å²) in [6.45, 7) is 0.407. The van der Waals surface area contributed by atoms with Crippen LogP contribution in [0.1, 0.15) is 16.8 Å². The zero-order valence-corrected chi connectivity index (χ0v) is 11.6. The summed E-state index contributed by atoms with van der Waals surface area (Å²) in [6, 6.07) is 6.79. The van der Waals surface area contributed by atoms with Gasteiger partial charge in [0.1, 0.15) is 5.75 Å². The molecule has 2 rings (SSSR count). The Morgan fingerprint density at radius 2 is 2.05 bits per heavy atom. The fourth-order valence-corrected chi connectivity index (χ4v) is 3.98. The first-order valence-electron chi connectivity index (χ1n) is 6.13. The molecule has 0 spiro atoms. The standard InChI is InChI=1S/C13H17NO4S/c1-18-12-4-2-11(3-5-12)13(15)14-8-10-6-7-19(16,17)9-10/h2-5,10H,6-9H2,1H3,(H,14,15)/t10-/m0/s1. The van der Waals surface area contributed by atoms with E-state index in [4.69, 9.17) is 4.74 Å². The van der Waals surface area contributed by atoms with Gasteiger partial charge in [0.05, 0.1) is 18.6 Å². The fourth-order valence-electron chi connectivity index (χ4n) is 2.11. The third-order valence-corrected chi connectivity index (χ3v) is 5.07. The number of nitrogens with one attached hydrogen (secondary N) is 1. The minimum absolute atomic E-state index is 0.0344. The molecule has 1 aromatic carbocycles. The summed E-state index contributed by atoms with van der Waals surface area (Å²) >= 11 is 0. The van der Waals surface area contributed by atoms with Crippen molar-refractivity contribution in [2.75, 3.05) is 25.2 Å². The fraction of sp³-hybridized carbons (Fsp3) is 0.462. The van der Waals surface area contributed by atoms with Crippen molar-refractivity contribution in [3.63, 3.8) is 0 Å². The number of sulfone groups is 1. The van der Waals surface area contributed by atoms with Gasteiger partial charge in [-0.15, -0.1) is 0 Å². The summed E-state index contributed by atoms with van der Waals surface area (Å²) in [6.07, 6.45) is 0.630. The van der Waals surface area contributed by atoms with Gasteiger partial charge in [-0.3, -0.25) is 4.79 Å². The van der Waals surface area contributed by atoms with Crippen LogP contribution in [0.3, 0.4) is 0 Å². The predicted octanol–water partition coefficient (Wildman–Crippen LogP) is 0.860. The number of rotatable bonds is 4. The highest BCUT2D eigenvalue weighted by Gasteiger charge is 2.27. The number of ether oxygens (including phenoxy) is 1. The highest BCUT2D eigenvalue weighted by atomic mass is 32.2. The molecular formula is C13H17NO4S. The molecule has 1 heterocycles. The normalized spacial score (nSPS) is 21.0. The van der Waals surface area contributed by atoms with Crippen LogP contribution in [0.4, 0.5) is 0 Å². The summed E-state index contributed by atoms with van der Waals surface area (Å²) in [5.41, 5.74) is 0.543. The maximum Gasteiger partial charge on any atom is 0.251 e. The van der Waals surface area contributed by atoms with Gasteiger partial charge in [-0.2, -0.15) is 0 Å². The molecule has 1 N–H and O–H groups in total. The molecule has 0 unspecified atom stereocenters. The lowest BCUT2D eigenvalue weighted by Crippen LogP contribution is -2.29. The topological polar surface area (TPSA) is 72.5 Å². The molecule has 1 aromatic rings. The predicted molar refractivity (Wildman–Crippen MR) is 72.1 cm³/mol. The lowest BCUT2D eigenvalue weighted by atomic mass is 10.1. The number of carbonyl (C=O) groups is 1. The quantitative estimate of drug-likeness (QED) is 0.889. The first-order chi connectivity index (χ1) is 9.00. The smallest absolute Gasteiger partial charge is 0.251 e. The van der Waals surface area contributed by atoms with E-state index in [1.807, 2.05) is 0 Å². The molecule has 1 atom stereocenters. The first-order valence-corrected chi connectivity index (χ1v) is 7.95. The second-order valence-corrected chi connectivity index (χ2v) is 6.94. The van der Waals surface area contributed by atoms with Crippen molar-refractivity contribution in [3.8, 4) is 5.75 Å².